The van der Waals surface area contributed by atoms with Crippen LogP contribution in [0, 0.1) is 0 Å². The Labute approximate surface area is 170 Å². The summed E-state index contributed by atoms with van der Waals surface area (Å²) < 4.78 is 33.6. The summed E-state index contributed by atoms with van der Waals surface area (Å²) in [6, 6.07) is 12.1. The van der Waals surface area contributed by atoms with Crippen molar-refractivity contribution in [3.63, 3.8) is 0 Å². The summed E-state index contributed by atoms with van der Waals surface area (Å²) in [5.74, 6) is 0.639. The van der Waals surface area contributed by atoms with Crippen molar-refractivity contribution in [2.45, 2.75) is 54.9 Å². The van der Waals surface area contributed by atoms with Crippen LogP contribution in [0.4, 0.5) is 5.69 Å². The van der Waals surface area contributed by atoms with E-state index in [0.717, 1.165) is 16.2 Å². The fraction of sp³-hybridized carbons (Fsp3) is 0.350. The number of ether oxygens (including phenoxy) is 1. The van der Waals surface area contributed by atoms with Crippen LogP contribution in [0.3, 0.4) is 0 Å². The molecule has 1 aliphatic rings. The van der Waals surface area contributed by atoms with E-state index < -0.39 is 10.0 Å². The monoisotopic (exact) mass is 420 g/mol. The first kappa shape index (κ1) is 20.7. The third-order valence-electron chi connectivity index (χ3n) is 4.10. The largest absolute Gasteiger partial charge is 0.491 e. The lowest BCUT2D eigenvalue weighted by Crippen LogP contribution is -2.23. The summed E-state index contributed by atoms with van der Waals surface area (Å²) in [7, 11) is -3.71. The van der Waals surface area contributed by atoms with Gasteiger partial charge in [0.05, 0.1) is 16.7 Å². The van der Waals surface area contributed by atoms with E-state index in [-0.39, 0.29) is 28.7 Å². The number of anilines is 1. The van der Waals surface area contributed by atoms with Gasteiger partial charge in [-0.25, -0.2) is 13.1 Å². The van der Waals surface area contributed by atoms with E-state index >= 15 is 0 Å². The van der Waals surface area contributed by atoms with Crippen molar-refractivity contribution < 1.29 is 17.9 Å². The molecule has 1 aliphatic heterocycles. The third-order valence-corrected chi connectivity index (χ3v) is 6.68. The average Bonchev–Trinajstić information content (AvgIpc) is 2.76. The van der Waals surface area contributed by atoms with Crippen molar-refractivity contribution in [3.05, 3.63) is 48.0 Å². The molecule has 0 aromatic heterocycles. The van der Waals surface area contributed by atoms with Gasteiger partial charge < -0.3 is 10.1 Å². The van der Waals surface area contributed by atoms with Crippen LogP contribution in [0.2, 0.25) is 0 Å². The molecule has 2 aromatic carbocycles. The zero-order chi connectivity index (χ0) is 20.3. The number of hydrogen-bond donors (Lipinski definition) is 2. The van der Waals surface area contributed by atoms with Crippen molar-refractivity contribution in [2.75, 3.05) is 5.32 Å². The number of nitrogens with one attached hydrogen (secondary N) is 2. The minimum atomic E-state index is -3.71. The molecule has 2 aromatic rings. The molecule has 8 heteroatoms. The van der Waals surface area contributed by atoms with Gasteiger partial charge in [0.2, 0.25) is 15.9 Å². The summed E-state index contributed by atoms with van der Waals surface area (Å²) in [6.45, 7) is 6.04. The predicted octanol–water partition coefficient (Wildman–Crippen LogP) is 3.78. The zero-order valence-corrected chi connectivity index (χ0v) is 17.7. The lowest BCUT2D eigenvalue weighted by molar-refractivity contribution is -0.116. The van der Waals surface area contributed by atoms with Crippen molar-refractivity contribution in [1.29, 1.82) is 0 Å². The number of rotatable bonds is 6. The molecular weight excluding hydrogens is 396 g/mol. The van der Waals surface area contributed by atoms with Crippen LogP contribution in [0.1, 0.15) is 32.8 Å². The van der Waals surface area contributed by atoms with Gasteiger partial charge in [0, 0.05) is 23.1 Å². The normalized spacial score (nSPS) is 17.0. The number of carbonyl (C=O) groups excluding carboxylic acids is 1. The Hall–Kier alpha value is -2.03. The molecule has 0 saturated carbocycles. The van der Waals surface area contributed by atoms with Gasteiger partial charge in [-0.3, -0.25) is 4.79 Å². The molecule has 0 aliphatic carbocycles. The highest BCUT2D eigenvalue weighted by Crippen LogP contribution is 2.36. The fourth-order valence-electron chi connectivity index (χ4n) is 2.82. The third kappa shape index (κ3) is 5.27. The number of benzene rings is 2. The SMILES string of the molecule is CC(C)Oc1ccc(CNS(=O)(=O)c2ccc3c(c2)NC(=O)CC(C)S3)cc1. The molecule has 150 valence electrons. The minimum Gasteiger partial charge on any atom is -0.491 e. The molecule has 2 N–H and O–H groups in total. The van der Waals surface area contributed by atoms with Crippen LogP contribution in [0.15, 0.2) is 52.3 Å². The topological polar surface area (TPSA) is 84.5 Å². The molecule has 6 nitrogen and oxygen atoms in total. The lowest BCUT2D eigenvalue weighted by atomic mass is 10.2. The van der Waals surface area contributed by atoms with Gasteiger partial charge in [0.25, 0.3) is 0 Å². The number of carbonyl (C=O) groups is 1. The van der Waals surface area contributed by atoms with Crippen LogP contribution < -0.4 is 14.8 Å². The Bertz CT molecular complexity index is 957. The van der Waals surface area contributed by atoms with E-state index in [9.17, 15) is 13.2 Å². The summed E-state index contributed by atoms with van der Waals surface area (Å²) in [4.78, 5) is 12.9. The first-order valence-electron chi connectivity index (χ1n) is 9.09. The molecule has 0 spiro atoms. The number of sulfonamides is 1. The van der Waals surface area contributed by atoms with E-state index in [1.165, 1.54) is 6.07 Å². The Balaban J connectivity index is 1.72. The second kappa shape index (κ2) is 8.55. The van der Waals surface area contributed by atoms with Gasteiger partial charge in [-0.15, -0.1) is 11.8 Å². The molecule has 0 bridgehead atoms. The molecule has 0 radical (unpaired) electrons. The van der Waals surface area contributed by atoms with E-state index in [2.05, 4.69) is 10.0 Å². The molecule has 1 heterocycles. The fourth-order valence-corrected chi connectivity index (χ4v) is 4.91. The Morgan fingerprint density at radius 1 is 1.21 bits per heavy atom. The summed E-state index contributed by atoms with van der Waals surface area (Å²) >= 11 is 1.56. The molecular formula is C20H24N2O4S2. The van der Waals surface area contributed by atoms with E-state index in [0.29, 0.717) is 12.1 Å². The number of amides is 1. The van der Waals surface area contributed by atoms with Crippen LogP contribution in [0.25, 0.3) is 0 Å². The lowest BCUT2D eigenvalue weighted by Gasteiger charge is -2.12. The highest BCUT2D eigenvalue weighted by atomic mass is 32.2. The number of fused-ring (bicyclic) bond motifs is 1. The molecule has 0 saturated heterocycles. The van der Waals surface area contributed by atoms with E-state index in [1.807, 2.05) is 45.0 Å². The van der Waals surface area contributed by atoms with Crippen molar-refractivity contribution in [3.8, 4) is 5.75 Å². The predicted molar refractivity (Wildman–Crippen MR) is 111 cm³/mol. The average molecular weight is 421 g/mol. The first-order valence-corrected chi connectivity index (χ1v) is 11.4. The van der Waals surface area contributed by atoms with Gasteiger partial charge in [-0.05, 0) is 49.7 Å². The second-order valence-corrected chi connectivity index (χ2v) is 10.2. The Morgan fingerprint density at radius 3 is 2.61 bits per heavy atom. The highest BCUT2D eigenvalue weighted by molar-refractivity contribution is 8.00. The Kier molecular flexibility index (Phi) is 6.32. The number of thioether (sulfide) groups is 1. The second-order valence-electron chi connectivity index (χ2n) is 6.97. The van der Waals surface area contributed by atoms with Crippen molar-refractivity contribution >= 4 is 33.4 Å². The van der Waals surface area contributed by atoms with Crippen LogP contribution in [-0.4, -0.2) is 25.7 Å². The summed E-state index contributed by atoms with van der Waals surface area (Å²) in [5.41, 5.74) is 1.37. The molecule has 28 heavy (non-hydrogen) atoms. The van der Waals surface area contributed by atoms with Crippen LogP contribution in [-0.2, 0) is 21.4 Å². The van der Waals surface area contributed by atoms with Gasteiger partial charge in [-0.1, -0.05) is 19.1 Å². The maximum Gasteiger partial charge on any atom is 0.240 e. The highest BCUT2D eigenvalue weighted by Gasteiger charge is 2.22. The Morgan fingerprint density at radius 2 is 1.93 bits per heavy atom. The number of hydrogen-bond acceptors (Lipinski definition) is 5. The first-order chi connectivity index (χ1) is 13.2. The molecule has 1 amide bonds. The maximum atomic E-state index is 12.7. The summed E-state index contributed by atoms with van der Waals surface area (Å²) in [6.07, 6.45) is 0.482. The van der Waals surface area contributed by atoms with Crippen LogP contribution >= 0.6 is 11.8 Å². The summed E-state index contributed by atoms with van der Waals surface area (Å²) in [5, 5.41) is 2.94. The molecule has 1 unspecified atom stereocenters. The van der Waals surface area contributed by atoms with Gasteiger partial charge >= 0.3 is 0 Å². The smallest absolute Gasteiger partial charge is 0.240 e. The quantitative estimate of drug-likeness (QED) is 0.743. The van der Waals surface area contributed by atoms with Gasteiger partial charge in [-0.2, -0.15) is 0 Å². The van der Waals surface area contributed by atoms with Gasteiger partial charge in [0.1, 0.15) is 5.75 Å². The van der Waals surface area contributed by atoms with Crippen molar-refractivity contribution in [2.24, 2.45) is 0 Å². The van der Waals surface area contributed by atoms with E-state index in [4.69, 9.17) is 4.74 Å². The van der Waals surface area contributed by atoms with Crippen LogP contribution in [0.5, 0.6) is 5.75 Å². The van der Waals surface area contributed by atoms with Gasteiger partial charge in [0.15, 0.2) is 0 Å². The zero-order valence-electron chi connectivity index (χ0n) is 16.1. The molecule has 3 rings (SSSR count). The molecule has 0 fully saturated rings. The maximum absolute atomic E-state index is 12.7. The van der Waals surface area contributed by atoms with E-state index in [1.54, 1.807) is 23.9 Å². The molecule has 1 atom stereocenters. The standard InChI is InChI=1S/C20H24N2O4S2/c1-13(2)26-16-6-4-15(5-7-16)12-21-28(24,25)17-8-9-19-18(11-17)22-20(23)10-14(3)27-19/h4-9,11,13-14,21H,10,12H2,1-3H3,(H,22,23). The van der Waals surface area contributed by atoms with Crippen molar-refractivity contribution in [1.82, 2.24) is 4.72 Å². The minimum absolute atomic E-state index is 0.0826.